The first-order valence-corrected chi connectivity index (χ1v) is 14.0. The largest absolute Gasteiger partial charge is 0.507 e. The third-order valence-electron chi connectivity index (χ3n) is 7.45. The van der Waals surface area contributed by atoms with Gasteiger partial charge in [0, 0.05) is 31.7 Å². The average Bonchev–Trinajstić information content (AvgIpc) is 3.25. The number of morpholine rings is 1. The molecule has 0 saturated carbocycles. The van der Waals surface area contributed by atoms with E-state index >= 15 is 0 Å². The van der Waals surface area contributed by atoms with Crippen molar-refractivity contribution in [3.05, 3.63) is 101 Å². The van der Waals surface area contributed by atoms with E-state index in [1.54, 1.807) is 23.1 Å². The predicted molar refractivity (Wildman–Crippen MR) is 156 cm³/mol. The number of ether oxygens (including phenoxy) is 3. The number of amides is 1. The van der Waals surface area contributed by atoms with Crippen molar-refractivity contribution >= 4 is 17.4 Å². The predicted octanol–water partition coefficient (Wildman–Crippen LogP) is 4.73. The minimum absolute atomic E-state index is 0.0706. The fourth-order valence-corrected chi connectivity index (χ4v) is 5.22. The number of likely N-dealkylation sites (tertiary alicyclic amines) is 1. The van der Waals surface area contributed by atoms with E-state index in [-0.39, 0.29) is 11.3 Å². The van der Waals surface area contributed by atoms with Crippen LogP contribution in [0, 0.1) is 6.92 Å². The number of hydrogen-bond acceptors (Lipinski definition) is 7. The number of rotatable bonds is 10. The van der Waals surface area contributed by atoms with Crippen LogP contribution in [0.3, 0.4) is 0 Å². The maximum absolute atomic E-state index is 13.5. The molecular formula is C33H36N2O6. The highest BCUT2D eigenvalue weighted by Crippen LogP contribution is 2.42. The van der Waals surface area contributed by atoms with Crippen molar-refractivity contribution in [3.63, 3.8) is 0 Å². The van der Waals surface area contributed by atoms with Crippen LogP contribution >= 0.6 is 0 Å². The van der Waals surface area contributed by atoms with E-state index < -0.39 is 17.7 Å². The summed E-state index contributed by atoms with van der Waals surface area (Å²) in [6.07, 6.45) is 0. The Balaban J connectivity index is 1.52. The molecule has 0 bridgehead atoms. The zero-order valence-corrected chi connectivity index (χ0v) is 23.5. The number of carbonyl (C=O) groups is 2. The summed E-state index contributed by atoms with van der Waals surface area (Å²) in [4.78, 5) is 30.7. The molecule has 8 heteroatoms. The van der Waals surface area contributed by atoms with Crippen LogP contribution in [0.15, 0.2) is 78.4 Å². The molecule has 1 unspecified atom stereocenters. The van der Waals surface area contributed by atoms with Crippen molar-refractivity contribution in [2.24, 2.45) is 0 Å². The summed E-state index contributed by atoms with van der Waals surface area (Å²) in [6, 6.07) is 21.8. The molecule has 2 aliphatic rings. The van der Waals surface area contributed by atoms with Crippen molar-refractivity contribution in [2.45, 2.75) is 26.5 Å². The van der Waals surface area contributed by atoms with Crippen LogP contribution in [0.2, 0.25) is 0 Å². The molecule has 2 fully saturated rings. The number of aliphatic hydroxyl groups excluding tert-OH is 1. The van der Waals surface area contributed by atoms with E-state index in [1.165, 1.54) is 0 Å². The summed E-state index contributed by atoms with van der Waals surface area (Å²) >= 11 is 0. The third-order valence-corrected chi connectivity index (χ3v) is 7.45. The smallest absolute Gasteiger partial charge is 0.295 e. The lowest BCUT2D eigenvalue weighted by Gasteiger charge is -2.31. The van der Waals surface area contributed by atoms with Gasteiger partial charge in [0.2, 0.25) is 0 Å². The molecule has 0 aliphatic carbocycles. The second kappa shape index (κ2) is 13.0. The van der Waals surface area contributed by atoms with Gasteiger partial charge in [-0.3, -0.25) is 14.5 Å². The van der Waals surface area contributed by atoms with Gasteiger partial charge < -0.3 is 24.2 Å². The molecule has 2 saturated heterocycles. The number of nitrogens with zero attached hydrogens (tertiary/aromatic N) is 2. The van der Waals surface area contributed by atoms with E-state index in [0.29, 0.717) is 62.1 Å². The van der Waals surface area contributed by atoms with Crippen molar-refractivity contribution in [1.82, 2.24) is 9.80 Å². The number of hydrogen-bond donors (Lipinski definition) is 1. The van der Waals surface area contributed by atoms with Gasteiger partial charge in [-0.15, -0.1) is 0 Å². The number of benzene rings is 3. The van der Waals surface area contributed by atoms with Gasteiger partial charge in [-0.1, -0.05) is 66.2 Å². The highest BCUT2D eigenvalue weighted by Gasteiger charge is 2.46. The number of Topliss-reactive ketones (excluding diaryl/α,β-unsaturated/α-hetero) is 1. The molecular weight excluding hydrogens is 520 g/mol. The standard InChI is InChI=1S/C33H36N2O6/c1-3-40-28-21-26(13-14-27(28)41-22-24-7-5-4-6-8-24)30-29(31(36)25-11-9-23(2)10-12-25)32(37)33(38)35(30)16-15-34-17-19-39-20-18-34/h4-14,21,30,36H,3,15-20,22H2,1-2H3. The van der Waals surface area contributed by atoms with Crippen LogP contribution in [0.4, 0.5) is 0 Å². The summed E-state index contributed by atoms with van der Waals surface area (Å²) in [7, 11) is 0. The number of ketones is 1. The quantitative estimate of drug-likeness (QED) is 0.220. The number of aliphatic hydroxyl groups is 1. The average molecular weight is 557 g/mol. The second-order valence-electron chi connectivity index (χ2n) is 10.2. The summed E-state index contributed by atoms with van der Waals surface area (Å²) in [5.74, 6) is -0.445. The SMILES string of the molecule is CCOc1cc(C2C(=C(O)c3ccc(C)cc3)C(=O)C(=O)N2CCN2CCOCC2)ccc1OCc1ccccc1. The Bertz CT molecular complexity index is 1400. The minimum atomic E-state index is -0.778. The van der Waals surface area contributed by atoms with Crippen molar-refractivity contribution < 1.29 is 28.9 Å². The summed E-state index contributed by atoms with van der Waals surface area (Å²) in [5, 5.41) is 11.4. The first-order chi connectivity index (χ1) is 20.0. The van der Waals surface area contributed by atoms with Crippen LogP contribution in [0.1, 0.15) is 35.2 Å². The van der Waals surface area contributed by atoms with E-state index in [0.717, 1.165) is 24.2 Å². The van der Waals surface area contributed by atoms with E-state index in [9.17, 15) is 14.7 Å². The van der Waals surface area contributed by atoms with Gasteiger partial charge in [0.25, 0.3) is 11.7 Å². The molecule has 0 aromatic heterocycles. The van der Waals surface area contributed by atoms with Crippen LogP contribution in [-0.4, -0.2) is 72.6 Å². The monoisotopic (exact) mass is 556 g/mol. The van der Waals surface area contributed by atoms with Crippen LogP contribution in [0.5, 0.6) is 11.5 Å². The number of aryl methyl sites for hydroxylation is 1. The Hall–Kier alpha value is -4.14. The van der Waals surface area contributed by atoms with Crippen molar-refractivity contribution in [2.75, 3.05) is 46.0 Å². The molecule has 8 nitrogen and oxygen atoms in total. The number of carbonyl (C=O) groups excluding carboxylic acids is 2. The molecule has 0 radical (unpaired) electrons. The third kappa shape index (κ3) is 6.45. The Kier molecular flexibility index (Phi) is 9.01. The minimum Gasteiger partial charge on any atom is -0.507 e. The summed E-state index contributed by atoms with van der Waals surface area (Å²) in [6.45, 7) is 8.33. The van der Waals surface area contributed by atoms with Crippen molar-refractivity contribution in [1.29, 1.82) is 0 Å². The van der Waals surface area contributed by atoms with Crippen LogP contribution in [0.25, 0.3) is 5.76 Å². The molecule has 3 aromatic rings. The molecule has 5 rings (SSSR count). The first kappa shape index (κ1) is 28.4. The highest BCUT2D eigenvalue weighted by atomic mass is 16.5. The Morgan fingerprint density at radius 1 is 0.927 bits per heavy atom. The molecule has 1 amide bonds. The van der Waals surface area contributed by atoms with Crippen LogP contribution < -0.4 is 9.47 Å². The van der Waals surface area contributed by atoms with Crippen molar-refractivity contribution in [3.8, 4) is 11.5 Å². The fraction of sp³-hybridized carbons (Fsp3) is 0.333. The summed E-state index contributed by atoms with van der Waals surface area (Å²) < 4.78 is 17.5. The molecule has 2 aliphatic heterocycles. The van der Waals surface area contributed by atoms with Gasteiger partial charge in [0.1, 0.15) is 12.4 Å². The zero-order chi connectivity index (χ0) is 28.8. The van der Waals surface area contributed by atoms with E-state index in [2.05, 4.69) is 4.90 Å². The highest BCUT2D eigenvalue weighted by molar-refractivity contribution is 6.46. The maximum Gasteiger partial charge on any atom is 0.295 e. The topological polar surface area (TPSA) is 88.5 Å². The van der Waals surface area contributed by atoms with Gasteiger partial charge in [0.15, 0.2) is 11.5 Å². The zero-order valence-electron chi connectivity index (χ0n) is 23.5. The lowest BCUT2D eigenvalue weighted by molar-refractivity contribution is -0.140. The molecule has 0 spiro atoms. The van der Waals surface area contributed by atoms with Gasteiger partial charge in [-0.2, -0.15) is 0 Å². The lowest BCUT2D eigenvalue weighted by Crippen LogP contribution is -2.42. The van der Waals surface area contributed by atoms with Gasteiger partial charge in [0.05, 0.1) is 31.4 Å². The first-order valence-electron chi connectivity index (χ1n) is 14.0. The normalized spacial score (nSPS) is 19.0. The second-order valence-corrected chi connectivity index (χ2v) is 10.2. The Morgan fingerprint density at radius 3 is 2.37 bits per heavy atom. The summed E-state index contributed by atoms with van der Waals surface area (Å²) in [5.41, 5.74) is 3.27. The molecule has 3 aromatic carbocycles. The lowest BCUT2D eigenvalue weighted by atomic mass is 9.94. The van der Waals surface area contributed by atoms with Gasteiger partial charge >= 0.3 is 0 Å². The molecule has 1 N–H and O–H groups in total. The van der Waals surface area contributed by atoms with E-state index in [4.69, 9.17) is 14.2 Å². The fourth-order valence-electron chi connectivity index (χ4n) is 5.22. The molecule has 41 heavy (non-hydrogen) atoms. The van der Waals surface area contributed by atoms with Gasteiger partial charge in [-0.05, 0) is 37.1 Å². The van der Waals surface area contributed by atoms with Crippen LogP contribution in [-0.2, 0) is 20.9 Å². The maximum atomic E-state index is 13.5. The Morgan fingerprint density at radius 2 is 1.66 bits per heavy atom. The van der Waals surface area contributed by atoms with Gasteiger partial charge in [-0.25, -0.2) is 0 Å². The molecule has 1 atom stereocenters. The molecule has 214 valence electrons. The molecule has 2 heterocycles. The van der Waals surface area contributed by atoms with E-state index in [1.807, 2.05) is 68.4 Å². The Labute approximate surface area is 240 Å².